The number of fused-ring (bicyclic) bond motifs is 1. The van der Waals surface area contributed by atoms with Crippen LogP contribution in [0.15, 0.2) is 36.5 Å². The molecule has 4 N–H and O–H groups in total. The van der Waals surface area contributed by atoms with Crippen molar-refractivity contribution in [2.75, 3.05) is 23.7 Å². The van der Waals surface area contributed by atoms with E-state index in [-0.39, 0.29) is 6.04 Å². The third-order valence-electron chi connectivity index (χ3n) is 6.07. The summed E-state index contributed by atoms with van der Waals surface area (Å²) in [4.78, 5) is 9.33. The van der Waals surface area contributed by atoms with Crippen LogP contribution in [-0.2, 0) is 7.05 Å². The normalized spacial score (nSPS) is 20.6. The molecule has 7 heteroatoms. The molecule has 2 aliphatic carbocycles. The summed E-state index contributed by atoms with van der Waals surface area (Å²) in [5, 5.41) is 12.1. The van der Waals surface area contributed by atoms with E-state index in [0.717, 1.165) is 34.9 Å². The van der Waals surface area contributed by atoms with Crippen LogP contribution in [0.25, 0.3) is 11.0 Å². The maximum Gasteiger partial charge on any atom is 0.226 e. The second-order valence-corrected chi connectivity index (χ2v) is 7.94. The molecule has 2 saturated carbocycles. The molecule has 140 valence electrons. The van der Waals surface area contributed by atoms with Crippen LogP contribution in [0.2, 0.25) is 0 Å². The molecule has 1 aromatic carbocycles. The first-order valence-corrected chi connectivity index (χ1v) is 9.63. The van der Waals surface area contributed by atoms with Crippen LogP contribution >= 0.6 is 0 Å². The van der Waals surface area contributed by atoms with Gasteiger partial charge in [0.1, 0.15) is 5.82 Å². The molecule has 2 fully saturated rings. The molecule has 2 aliphatic rings. The maximum atomic E-state index is 6.30. The predicted molar refractivity (Wildman–Crippen MR) is 106 cm³/mol. The molecule has 2 atom stereocenters. The molecule has 0 amide bonds. The molecular formula is C20H25N7. The van der Waals surface area contributed by atoms with Crippen LogP contribution in [0.3, 0.4) is 0 Å². The molecular weight excluding hydrogens is 338 g/mol. The van der Waals surface area contributed by atoms with Gasteiger partial charge in [-0.2, -0.15) is 15.1 Å². The van der Waals surface area contributed by atoms with Gasteiger partial charge in [0.05, 0.1) is 11.6 Å². The Balaban J connectivity index is 1.33. The lowest BCUT2D eigenvalue weighted by atomic mass is 10.1. The van der Waals surface area contributed by atoms with Crippen molar-refractivity contribution < 1.29 is 0 Å². The summed E-state index contributed by atoms with van der Waals surface area (Å²) in [5.74, 6) is 2.23. The first kappa shape index (κ1) is 16.5. The van der Waals surface area contributed by atoms with E-state index >= 15 is 0 Å². The second-order valence-electron chi connectivity index (χ2n) is 7.94. The number of nitrogens with one attached hydrogen (secondary N) is 2. The first-order valence-electron chi connectivity index (χ1n) is 9.63. The van der Waals surface area contributed by atoms with Gasteiger partial charge in [-0.3, -0.25) is 4.68 Å². The van der Waals surface area contributed by atoms with Gasteiger partial charge < -0.3 is 16.4 Å². The van der Waals surface area contributed by atoms with Gasteiger partial charge in [0.2, 0.25) is 5.95 Å². The zero-order valence-corrected chi connectivity index (χ0v) is 15.5. The minimum Gasteiger partial charge on any atom is -0.369 e. The van der Waals surface area contributed by atoms with Crippen molar-refractivity contribution in [3.8, 4) is 0 Å². The Morgan fingerprint density at radius 3 is 2.78 bits per heavy atom. The SMILES string of the molecule is Cn1ncc2c(NCC3CC34CC4)nc(NCC(N)c3ccccc3)nc21. The summed E-state index contributed by atoms with van der Waals surface area (Å²) >= 11 is 0. The summed E-state index contributed by atoms with van der Waals surface area (Å²) in [5.41, 5.74) is 8.88. The van der Waals surface area contributed by atoms with Gasteiger partial charge in [0.15, 0.2) is 5.65 Å². The topological polar surface area (TPSA) is 93.7 Å². The van der Waals surface area contributed by atoms with Crippen LogP contribution < -0.4 is 16.4 Å². The van der Waals surface area contributed by atoms with Gasteiger partial charge in [-0.25, -0.2) is 0 Å². The molecule has 0 aliphatic heterocycles. The fourth-order valence-corrected chi connectivity index (χ4v) is 3.97. The molecule has 0 bridgehead atoms. The summed E-state index contributed by atoms with van der Waals surface area (Å²) in [7, 11) is 1.90. The number of nitrogens with zero attached hydrogens (tertiary/aromatic N) is 4. The van der Waals surface area contributed by atoms with Crippen LogP contribution in [0, 0.1) is 11.3 Å². The minimum absolute atomic E-state index is 0.116. The Labute approximate surface area is 158 Å². The van der Waals surface area contributed by atoms with Crippen molar-refractivity contribution in [1.82, 2.24) is 19.7 Å². The van der Waals surface area contributed by atoms with E-state index in [4.69, 9.17) is 10.7 Å². The molecule has 1 spiro atoms. The minimum atomic E-state index is -0.116. The monoisotopic (exact) mass is 363 g/mol. The van der Waals surface area contributed by atoms with E-state index in [0.29, 0.717) is 17.9 Å². The highest BCUT2D eigenvalue weighted by atomic mass is 15.3. The van der Waals surface area contributed by atoms with E-state index in [9.17, 15) is 0 Å². The molecule has 3 aromatic rings. The van der Waals surface area contributed by atoms with Gasteiger partial charge in [0.25, 0.3) is 0 Å². The third kappa shape index (κ3) is 3.12. The molecule has 0 radical (unpaired) electrons. The fourth-order valence-electron chi connectivity index (χ4n) is 3.97. The Morgan fingerprint density at radius 2 is 2.04 bits per heavy atom. The smallest absolute Gasteiger partial charge is 0.226 e. The maximum absolute atomic E-state index is 6.30. The van der Waals surface area contributed by atoms with Crippen LogP contribution in [0.4, 0.5) is 11.8 Å². The number of anilines is 2. The summed E-state index contributed by atoms with van der Waals surface area (Å²) in [6, 6.07) is 9.95. The number of benzene rings is 1. The van der Waals surface area contributed by atoms with E-state index in [1.807, 2.05) is 43.6 Å². The van der Waals surface area contributed by atoms with Crippen LogP contribution in [0.5, 0.6) is 0 Å². The molecule has 27 heavy (non-hydrogen) atoms. The molecule has 5 rings (SSSR count). The van der Waals surface area contributed by atoms with Gasteiger partial charge >= 0.3 is 0 Å². The Hall–Kier alpha value is -2.67. The lowest BCUT2D eigenvalue weighted by molar-refractivity contribution is 0.734. The van der Waals surface area contributed by atoms with E-state index < -0.39 is 0 Å². The third-order valence-corrected chi connectivity index (χ3v) is 6.07. The second kappa shape index (κ2) is 6.20. The Morgan fingerprint density at radius 1 is 1.22 bits per heavy atom. The molecule has 7 nitrogen and oxygen atoms in total. The van der Waals surface area contributed by atoms with Crippen molar-refractivity contribution in [2.45, 2.75) is 25.3 Å². The molecule has 2 unspecified atom stereocenters. The largest absolute Gasteiger partial charge is 0.369 e. The molecule has 2 heterocycles. The average Bonchev–Trinajstić information content (AvgIpc) is 3.59. The average molecular weight is 363 g/mol. The zero-order chi connectivity index (χ0) is 18.4. The molecule has 0 saturated heterocycles. The van der Waals surface area contributed by atoms with Gasteiger partial charge in [0, 0.05) is 26.2 Å². The zero-order valence-electron chi connectivity index (χ0n) is 15.5. The first-order chi connectivity index (χ1) is 13.1. The fraction of sp³-hybridized carbons (Fsp3) is 0.450. The van der Waals surface area contributed by atoms with Crippen LogP contribution in [-0.4, -0.2) is 32.8 Å². The molecule has 2 aromatic heterocycles. The Kier molecular flexibility index (Phi) is 3.79. The van der Waals surface area contributed by atoms with Gasteiger partial charge in [-0.05, 0) is 36.2 Å². The number of nitrogens with two attached hydrogens (primary N) is 1. The highest BCUT2D eigenvalue weighted by molar-refractivity contribution is 5.87. The predicted octanol–water partition coefficient (Wildman–Crippen LogP) is 2.69. The summed E-state index contributed by atoms with van der Waals surface area (Å²) < 4.78 is 1.78. The van der Waals surface area contributed by atoms with Crippen molar-refractivity contribution >= 4 is 22.8 Å². The number of hydrogen-bond acceptors (Lipinski definition) is 6. The number of hydrogen-bond donors (Lipinski definition) is 3. The van der Waals surface area contributed by atoms with E-state index in [1.165, 1.54) is 19.3 Å². The van der Waals surface area contributed by atoms with Gasteiger partial charge in [-0.15, -0.1) is 0 Å². The number of aromatic nitrogens is 4. The van der Waals surface area contributed by atoms with Crippen LogP contribution in [0.1, 0.15) is 30.9 Å². The highest BCUT2D eigenvalue weighted by Gasteiger charge is 2.62. The highest BCUT2D eigenvalue weighted by Crippen LogP contribution is 2.70. The van der Waals surface area contributed by atoms with Gasteiger partial charge in [-0.1, -0.05) is 30.3 Å². The summed E-state index contributed by atoms with van der Waals surface area (Å²) in [6.45, 7) is 1.54. The van der Waals surface area contributed by atoms with E-state index in [1.54, 1.807) is 4.68 Å². The Bertz CT molecular complexity index is 961. The van der Waals surface area contributed by atoms with Crippen molar-refractivity contribution in [3.05, 3.63) is 42.1 Å². The number of rotatable bonds is 7. The lowest BCUT2D eigenvalue weighted by Crippen LogP contribution is -2.21. The van der Waals surface area contributed by atoms with Crippen molar-refractivity contribution in [3.63, 3.8) is 0 Å². The lowest BCUT2D eigenvalue weighted by Gasteiger charge is -2.14. The van der Waals surface area contributed by atoms with E-state index in [2.05, 4.69) is 20.7 Å². The van der Waals surface area contributed by atoms with Crippen molar-refractivity contribution in [2.24, 2.45) is 24.1 Å². The van der Waals surface area contributed by atoms with Crippen molar-refractivity contribution in [1.29, 1.82) is 0 Å². The summed E-state index contributed by atoms with van der Waals surface area (Å²) in [6.07, 6.45) is 5.99. The quantitative estimate of drug-likeness (QED) is 0.597. The standard InChI is InChI=1S/C20H25N7/c1-27-18-15(11-24-27)17(22-10-14-9-20(14)7-8-20)25-19(26-18)23-12-16(21)13-5-3-2-4-6-13/h2-6,11,14,16H,7-10,12,21H2,1H3,(H2,22,23,25,26). The number of aryl methyl sites for hydroxylation is 1.